The average molecular weight is 271 g/mol. The Morgan fingerprint density at radius 1 is 1.33 bits per heavy atom. The Hall–Kier alpha value is -1.40. The van der Waals surface area contributed by atoms with Crippen molar-refractivity contribution in [3.8, 4) is 0 Å². The van der Waals surface area contributed by atoms with E-state index in [1.165, 1.54) is 12.1 Å². The van der Waals surface area contributed by atoms with Gasteiger partial charge in [-0.05, 0) is 38.5 Å². The molecule has 1 rings (SSSR count). The Balaban J connectivity index is 2.82. The zero-order valence-electron chi connectivity index (χ0n) is 10.6. The predicted molar refractivity (Wildman–Crippen MR) is 68.9 cm³/mol. The third-order valence-corrected chi connectivity index (χ3v) is 4.58. The highest BCUT2D eigenvalue weighted by Gasteiger charge is 2.28. The molecular formula is C12H17NO4S. The van der Waals surface area contributed by atoms with E-state index in [9.17, 15) is 13.2 Å². The maximum atomic E-state index is 11.8. The van der Waals surface area contributed by atoms with Gasteiger partial charge in [0.2, 0.25) is 10.0 Å². The van der Waals surface area contributed by atoms with Crippen molar-refractivity contribution < 1.29 is 18.3 Å². The van der Waals surface area contributed by atoms with Crippen molar-refractivity contribution in [3.05, 3.63) is 35.4 Å². The van der Waals surface area contributed by atoms with E-state index in [0.29, 0.717) is 5.56 Å². The van der Waals surface area contributed by atoms with Crippen LogP contribution >= 0.6 is 0 Å². The van der Waals surface area contributed by atoms with Crippen molar-refractivity contribution in [2.75, 3.05) is 0 Å². The van der Waals surface area contributed by atoms with Gasteiger partial charge >= 0.3 is 5.97 Å². The molecule has 6 heteroatoms. The van der Waals surface area contributed by atoms with Crippen LogP contribution in [-0.4, -0.2) is 24.2 Å². The van der Waals surface area contributed by atoms with Gasteiger partial charge in [0.05, 0.1) is 10.3 Å². The topological polar surface area (TPSA) is 83.5 Å². The van der Waals surface area contributed by atoms with Crippen LogP contribution in [0.4, 0.5) is 0 Å². The summed E-state index contributed by atoms with van der Waals surface area (Å²) in [6.45, 7) is 4.88. The second-order valence-electron chi connectivity index (χ2n) is 4.94. The number of aromatic carboxylic acids is 1. The minimum absolute atomic E-state index is 0.0841. The van der Waals surface area contributed by atoms with Crippen molar-refractivity contribution in [1.82, 2.24) is 4.72 Å². The summed E-state index contributed by atoms with van der Waals surface area (Å²) >= 11 is 0. The van der Waals surface area contributed by atoms with Gasteiger partial charge < -0.3 is 5.11 Å². The molecule has 0 amide bonds. The highest BCUT2D eigenvalue weighted by molar-refractivity contribution is 7.90. The van der Waals surface area contributed by atoms with E-state index in [1.54, 1.807) is 32.9 Å². The summed E-state index contributed by atoms with van der Waals surface area (Å²) in [5.74, 6) is -1.03. The first-order valence-electron chi connectivity index (χ1n) is 5.45. The molecule has 0 heterocycles. The molecule has 0 aromatic heterocycles. The number of carboxylic acids is 1. The van der Waals surface area contributed by atoms with Crippen LogP contribution in [0.3, 0.4) is 0 Å². The van der Waals surface area contributed by atoms with Gasteiger partial charge in [-0.2, -0.15) is 0 Å². The molecule has 1 aromatic carbocycles. The Kier molecular flexibility index (Phi) is 4.13. The molecule has 0 saturated carbocycles. The smallest absolute Gasteiger partial charge is 0.335 e. The molecule has 18 heavy (non-hydrogen) atoms. The van der Waals surface area contributed by atoms with E-state index in [2.05, 4.69) is 4.72 Å². The molecule has 0 atom stereocenters. The lowest BCUT2D eigenvalue weighted by molar-refractivity contribution is 0.0696. The van der Waals surface area contributed by atoms with Crippen LogP contribution in [0.2, 0.25) is 0 Å². The minimum atomic E-state index is -3.43. The molecule has 0 fully saturated rings. The van der Waals surface area contributed by atoms with E-state index in [-0.39, 0.29) is 12.1 Å². The van der Waals surface area contributed by atoms with Gasteiger partial charge in [-0.3, -0.25) is 0 Å². The summed E-state index contributed by atoms with van der Waals surface area (Å²) in [7, 11) is -3.43. The first-order valence-corrected chi connectivity index (χ1v) is 6.93. The SMILES string of the molecule is CC(C)(C)S(=O)(=O)NCc1cccc(C(=O)O)c1. The Morgan fingerprint density at radius 3 is 2.44 bits per heavy atom. The molecule has 5 nitrogen and oxygen atoms in total. The number of hydrogen-bond acceptors (Lipinski definition) is 3. The number of carbonyl (C=O) groups is 1. The third-order valence-electron chi connectivity index (χ3n) is 2.45. The molecule has 100 valence electrons. The molecule has 1 aromatic rings. The van der Waals surface area contributed by atoms with E-state index in [0.717, 1.165) is 0 Å². The summed E-state index contributed by atoms with van der Waals surface area (Å²) in [6, 6.07) is 6.18. The zero-order valence-corrected chi connectivity index (χ0v) is 11.4. The van der Waals surface area contributed by atoms with Gasteiger partial charge in [0.1, 0.15) is 0 Å². The molecule has 0 spiro atoms. The molecule has 0 aliphatic carbocycles. The number of sulfonamides is 1. The highest BCUT2D eigenvalue weighted by Crippen LogP contribution is 2.14. The van der Waals surface area contributed by atoms with Gasteiger partial charge in [-0.25, -0.2) is 17.9 Å². The number of nitrogens with one attached hydrogen (secondary N) is 1. The Labute approximate surface area is 107 Å². The molecule has 0 radical (unpaired) electrons. The van der Waals surface area contributed by atoms with Crippen LogP contribution in [0.1, 0.15) is 36.7 Å². The molecule has 2 N–H and O–H groups in total. The van der Waals surface area contributed by atoms with Crippen molar-refractivity contribution in [2.24, 2.45) is 0 Å². The predicted octanol–water partition coefficient (Wildman–Crippen LogP) is 1.60. The monoisotopic (exact) mass is 271 g/mol. The quantitative estimate of drug-likeness (QED) is 0.871. The molecule has 0 unspecified atom stereocenters. The van der Waals surface area contributed by atoms with Gasteiger partial charge in [-0.15, -0.1) is 0 Å². The highest BCUT2D eigenvalue weighted by atomic mass is 32.2. The lowest BCUT2D eigenvalue weighted by Gasteiger charge is -2.19. The maximum absolute atomic E-state index is 11.8. The Bertz CT molecular complexity index is 543. The molecule has 0 saturated heterocycles. The standard InChI is InChI=1S/C12H17NO4S/c1-12(2,3)18(16,17)13-8-9-5-4-6-10(7-9)11(14)15/h4-7,13H,8H2,1-3H3,(H,14,15). The molecular weight excluding hydrogens is 254 g/mol. The second kappa shape index (κ2) is 5.07. The molecule has 0 aliphatic heterocycles. The summed E-state index contributed by atoms with van der Waals surface area (Å²) in [6.07, 6.45) is 0. The van der Waals surface area contributed by atoms with Crippen LogP contribution in [0.25, 0.3) is 0 Å². The lowest BCUT2D eigenvalue weighted by atomic mass is 10.1. The number of benzene rings is 1. The van der Waals surface area contributed by atoms with Crippen LogP contribution < -0.4 is 4.72 Å². The molecule has 0 aliphatic rings. The summed E-state index contributed by atoms with van der Waals surface area (Å²) in [4.78, 5) is 10.8. The summed E-state index contributed by atoms with van der Waals surface area (Å²) < 4.78 is 25.2. The van der Waals surface area contributed by atoms with Crippen molar-refractivity contribution in [2.45, 2.75) is 32.1 Å². The average Bonchev–Trinajstić information content (AvgIpc) is 2.25. The summed E-state index contributed by atoms with van der Waals surface area (Å²) in [5, 5.41) is 8.83. The van der Waals surface area contributed by atoms with Crippen molar-refractivity contribution in [1.29, 1.82) is 0 Å². The van der Waals surface area contributed by atoms with Gasteiger partial charge in [0, 0.05) is 6.54 Å². The fourth-order valence-electron chi connectivity index (χ4n) is 1.21. The van der Waals surface area contributed by atoms with Crippen LogP contribution in [0, 0.1) is 0 Å². The van der Waals surface area contributed by atoms with Crippen molar-refractivity contribution in [3.63, 3.8) is 0 Å². The lowest BCUT2D eigenvalue weighted by Crippen LogP contribution is -2.38. The minimum Gasteiger partial charge on any atom is -0.478 e. The van der Waals surface area contributed by atoms with Gasteiger partial charge in [0.25, 0.3) is 0 Å². The van der Waals surface area contributed by atoms with E-state index >= 15 is 0 Å². The molecule has 0 bridgehead atoms. The first-order chi connectivity index (χ1) is 8.13. The van der Waals surface area contributed by atoms with E-state index in [1.807, 2.05) is 0 Å². The van der Waals surface area contributed by atoms with Gasteiger partial charge in [-0.1, -0.05) is 12.1 Å². The van der Waals surface area contributed by atoms with Crippen LogP contribution in [-0.2, 0) is 16.6 Å². The summed E-state index contributed by atoms with van der Waals surface area (Å²) in [5.41, 5.74) is 0.755. The maximum Gasteiger partial charge on any atom is 0.335 e. The second-order valence-corrected chi connectivity index (χ2v) is 7.46. The normalized spacial score (nSPS) is 12.4. The van der Waals surface area contributed by atoms with Crippen LogP contribution in [0.5, 0.6) is 0 Å². The number of rotatable bonds is 4. The fourth-order valence-corrected chi connectivity index (χ4v) is 2.00. The van der Waals surface area contributed by atoms with Crippen LogP contribution in [0.15, 0.2) is 24.3 Å². The third kappa shape index (κ3) is 3.54. The zero-order chi connectivity index (χ0) is 14.0. The fraction of sp³-hybridized carbons (Fsp3) is 0.417. The van der Waals surface area contributed by atoms with Crippen molar-refractivity contribution >= 4 is 16.0 Å². The van der Waals surface area contributed by atoms with E-state index < -0.39 is 20.7 Å². The van der Waals surface area contributed by atoms with Gasteiger partial charge in [0.15, 0.2) is 0 Å². The first kappa shape index (κ1) is 14.7. The Morgan fingerprint density at radius 2 is 1.94 bits per heavy atom. The number of hydrogen-bond donors (Lipinski definition) is 2. The number of carboxylic acid groups (broad SMARTS) is 1. The van der Waals surface area contributed by atoms with E-state index in [4.69, 9.17) is 5.11 Å². The largest absolute Gasteiger partial charge is 0.478 e.